The van der Waals surface area contributed by atoms with E-state index < -0.39 is 0 Å². The van der Waals surface area contributed by atoms with Crippen LogP contribution < -0.4 is 0 Å². The summed E-state index contributed by atoms with van der Waals surface area (Å²) in [5, 5.41) is 0. The molecule has 0 aliphatic rings. The lowest BCUT2D eigenvalue weighted by atomic mass is 9.97. The summed E-state index contributed by atoms with van der Waals surface area (Å²) in [5.41, 5.74) is 0.998. The normalized spacial score (nSPS) is 10.3. The van der Waals surface area contributed by atoms with E-state index >= 15 is 0 Å². The Bertz CT molecular complexity index is 1120. The standard InChI is InChI=1S/C10H18.2C9H16.C8H14.C7H12.C6H10/c1-5-6-7-8-9-10(2,3)4;1-8(2)6-7-9(3,4)5;1-5-6-7-8-9(2,3)4;1-5-6-7-8(2,3)4;1-5-6-7(2,3)4;1-5-6(2,3)4/h5-7H2,1-4H3;8H,1-5H3;5-6H2,1-4H3;5H2,1-4H3;1-4H3;1H,2-4H3. The Morgan fingerprint density at radius 1 is 0.449 bits per heavy atom. The fraction of sp³-hybridized carbons (Fsp3) is 0.755. The molecule has 0 bridgehead atoms. The van der Waals surface area contributed by atoms with E-state index in [2.05, 4.69) is 204 Å². The van der Waals surface area contributed by atoms with E-state index in [1.54, 1.807) is 0 Å². The van der Waals surface area contributed by atoms with Crippen LogP contribution in [0.4, 0.5) is 0 Å². The molecule has 0 heterocycles. The van der Waals surface area contributed by atoms with Crippen LogP contribution in [0.15, 0.2) is 0 Å². The van der Waals surface area contributed by atoms with Gasteiger partial charge in [-0.1, -0.05) is 76.6 Å². The van der Waals surface area contributed by atoms with Gasteiger partial charge in [-0.15, -0.1) is 36.0 Å². The molecule has 0 atom stereocenters. The predicted octanol–water partition coefficient (Wildman–Crippen LogP) is 14.9. The molecule has 0 aliphatic carbocycles. The molecule has 49 heavy (non-hydrogen) atoms. The Morgan fingerprint density at radius 2 is 0.776 bits per heavy atom. The zero-order valence-electron chi connectivity index (χ0n) is 37.9. The van der Waals surface area contributed by atoms with Crippen molar-refractivity contribution in [1.29, 1.82) is 0 Å². The van der Waals surface area contributed by atoms with Crippen molar-refractivity contribution >= 4 is 0 Å². The van der Waals surface area contributed by atoms with Gasteiger partial charge in [-0.3, -0.25) is 0 Å². The number of unbranched alkanes of at least 4 members (excludes halogenated alkanes) is 3. The molecule has 0 aromatic rings. The van der Waals surface area contributed by atoms with Crippen LogP contribution in [-0.4, -0.2) is 0 Å². The Morgan fingerprint density at radius 3 is 0.939 bits per heavy atom. The summed E-state index contributed by atoms with van der Waals surface area (Å²) >= 11 is 0. The highest BCUT2D eigenvalue weighted by Gasteiger charge is 2.04. The molecule has 0 spiro atoms. The molecule has 0 nitrogen and oxygen atoms in total. The first kappa shape index (κ1) is 58.6. The van der Waals surface area contributed by atoms with E-state index in [-0.39, 0.29) is 32.5 Å². The Labute approximate surface area is 313 Å². The van der Waals surface area contributed by atoms with Crippen molar-refractivity contribution in [3.05, 3.63) is 0 Å². The van der Waals surface area contributed by atoms with Crippen molar-refractivity contribution in [3.63, 3.8) is 0 Å². The summed E-state index contributed by atoms with van der Waals surface area (Å²) < 4.78 is 0. The third kappa shape index (κ3) is 106. The zero-order valence-corrected chi connectivity index (χ0v) is 37.9. The fourth-order valence-electron chi connectivity index (χ4n) is 2.13. The van der Waals surface area contributed by atoms with Crippen LogP contribution in [-0.2, 0) is 0 Å². The molecule has 0 aromatic carbocycles. The maximum Gasteiger partial charge on any atom is 0.0230 e. The average molecular weight is 675 g/mol. The molecule has 0 fully saturated rings. The molecular weight excluding hydrogens is 589 g/mol. The third-order valence-electron chi connectivity index (χ3n) is 4.27. The van der Waals surface area contributed by atoms with E-state index in [0.717, 1.165) is 19.3 Å². The zero-order chi connectivity index (χ0) is 40.6. The van der Waals surface area contributed by atoms with Gasteiger partial charge in [0.25, 0.3) is 0 Å². The Kier molecular flexibility index (Phi) is 37.5. The lowest BCUT2D eigenvalue weighted by Crippen LogP contribution is -1.99. The highest BCUT2D eigenvalue weighted by molar-refractivity contribution is 5.09. The highest BCUT2D eigenvalue weighted by atomic mass is 14.1. The minimum atomic E-state index is 0.0694. The largest absolute Gasteiger partial charge is 0.120 e. The molecule has 0 amide bonds. The van der Waals surface area contributed by atoms with Crippen molar-refractivity contribution in [1.82, 2.24) is 0 Å². The second-order valence-electron chi connectivity index (χ2n) is 18.6. The number of rotatable bonds is 3. The van der Waals surface area contributed by atoms with Gasteiger partial charge in [-0.2, -0.15) is 0 Å². The summed E-state index contributed by atoms with van der Waals surface area (Å²) in [6.07, 6.45) is 11.8. The number of terminal acetylenes is 1. The smallest absolute Gasteiger partial charge is 0.0230 e. The van der Waals surface area contributed by atoms with Gasteiger partial charge < -0.3 is 0 Å². The second-order valence-corrected chi connectivity index (χ2v) is 18.6. The van der Waals surface area contributed by atoms with Crippen molar-refractivity contribution in [2.45, 2.75) is 205 Å². The molecule has 0 rings (SSSR count). The summed E-state index contributed by atoms with van der Waals surface area (Å²) in [5.74, 6) is 34.1. The molecule has 0 heteroatoms. The van der Waals surface area contributed by atoms with E-state index in [1.807, 2.05) is 27.7 Å². The fourth-order valence-corrected chi connectivity index (χ4v) is 2.13. The van der Waals surface area contributed by atoms with E-state index in [0.29, 0.717) is 5.92 Å². The number of hydrogen-bond donors (Lipinski definition) is 0. The molecule has 0 unspecified atom stereocenters. The monoisotopic (exact) mass is 675 g/mol. The van der Waals surface area contributed by atoms with Crippen LogP contribution in [0.2, 0.25) is 0 Å². The van der Waals surface area contributed by atoms with Crippen LogP contribution in [0.25, 0.3) is 0 Å². The molecule has 0 aromatic heterocycles. The van der Waals surface area contributed by atoms with Gasteiger partial charge in [0.1, 0.15) is 0 Å². The number of hydrogen-bond acceptors (Lipinski definition) is 0. The van der Waals surface area contributed by atoms with Crippen LogP contribution in [0.5, 0.6) is 0 Å². The van der Waals surface area contributed by atoms with E-state index in [4.69, 9.17) is 6.42 Å². The SMILES string of the molecule is C#CC(C)(C)C.CC#CC(C)(C)C.CC(C)C#CC(C)(C)C.CCC#CC(C)(C)C.CCCC#CC(C)(C)C.CCCCC#CC(C)(C)C. The van der Waals surface area contributed by atoms with Crippen molar-refractivity contribution in [2.75, 3.05) is 0 Å². The maximum atomic E-state index is 5.06. The molecule has 0 saturated heterocycles. The average Bonchev–Trinajstić information content (AvgIpc) is 2.88. The van der Waals surface area contributed by atoms with Crippen LogP contribution in [0, 0.1) is 110 Å². The van der Waals surface area contributed by atoms with Gasteiger partial charge in [-0.05, 0) is 144 Å². The van der Waals surface area contributed by atoms with Crippen LogP contribution in [0.3, 0.4) is 0 Å². The van der Waals surface area contributed by atoms with Gasteiger partial charge in [-0.25, -0.2) is 0 Å². The summed E-state index contributed by atoms with van der Waals surface area (Å²) in [4.78, 5) is 0. The molecular formula is C49H86. The van der Waals surface area contributed by atoms with Crippen LogP contribution >= 0.6 is 0 Å². The quantitative estimate of drug-likeness (QED) is 0.206. The summed E-state index contributed by atoms with van der Waals surface area (Å²) in [6.45, 7) is 50.4. The lowest BCUT2D eigenvalue weighted by molar-refractivity contribution is 0.568. The van der Waals surface area contributed by atoms with Gasteiger partial charge in [0.15, 0.2) is 0 Å². The van der Waals surface area contributed by atoms with Gasteiger partial charge in [0.05, 0.1) is 0 Å². The maximum absolute atomic E-state index is 5.06. The van der Waals surface area contributed by atoms with E-state index in [9.17, 15) is 0 Å². The first-order valence-electron chi connectivity index (χ1n) is 18.7. The van der Waals surface area contributed by atoms with Gasteiger partial charge in [0, 0.05) is 57.7 Å². The van der Waals surface area contributed by atoms with Gasteiger partial charge >= 0.3 is 0 Å². The summed E-state index contributed by atoms with van der Waals surface area (Å²) in [7, 11) is 0. The highest BCUT2D eigenvalue weighted by Crippen LogP contribution is 2.12. The third-order valence-corrected chi connectivity index (χ3v) is 4.27. The Balaban J connectivity index is -0.000000114. The van der Waals surface area contributed by atoms with Gasteiger partial charge in [0.2, 0.25) is 0 Å². The molecule has 0 aliphatic heterocycles. The van der Waals surface area contributed by atoms with Crippen molar-refractivity contribution in [3.8, 4) is 71.5 Å². The lowest BCUT2D eigenvalue weighted by Gasteiger charge is -2.07. The Hall–Kier alpha value is -2.64. The minimum Gasteiger partial charge on any atom is -0.120 e. The molecule has 282 valence electrons. The molecule has 0 saturated carbocycles. The minimum absolute atomic E-state index is 0.0694. The van der Waals surface area contributed by atoms with Crippen LogP contribution in [0.1, 0.15) is 205 Å². The first-order valence-corrected chi connectivity index (χ1v) is 18.7. The second kappa shape index (κ2) is 31.3. The van der Waals surface area contributed by atoms with E-state index in [1.165, 1.54) is 19.3 Å². The predicted molar refractivity (Wildman–Crippen MR) is 230 cm³/mol. The molecule has 0 radical (unpaired) electrons. The first-order chi connectivity index (χ1) is 21.7. The van der Waals surface area contributed by atoms with Crippen molar-refractivity contribution in [2.24, 2.45) is 38.4 Å². The van der Waals surface area contributed by atoms with Crippen molar-refractivity contribution < 1.29 is 0 Å². The summed E-state index contributed by atoms with van der Waals surface area (Å²) in [6, 6.07) is 0. The topological polar surface area (TPSA) is 0 Å². The molecule has 0 N–H and O–H groups in total.